The van der Waals surface area contributed by atoms with Gasteiger partial charge in [0.15, 0.2) is 0 Å². The van der Waals surface area contributed by atoms with Crippen molar-refractivity contribution in [3.05, 3.63) is 34.3 Å². The maximum atomic E-state index is 11.5. The highest BCUT2D eigenvalue weighted by Crippen LogP contribution is 2.11. The summed E-state index contributed by atoms with van der Waals surface area (Å²) < 4.78 is 5.72. The second kappa shape index (κ2) is 7.84. The highest BCUT2D eigenvalue weighted by Gasteiger charge is 2.03. The highest BCUT2D eigenvalue weighted by molar-refractivity contribution is 9.10. The molecule has 2 N–H and O–H groups in total. The van der Waals surface area contributed by atoms with Gasteiger partial charge in [-0.3, -0.25) is 4.79 Å². The van der Waals surface area contributed by atoms with E-state index in [9.17, 15) is 9.59 Å². The van der Waals surface area contributed by atoms with Crippen LogP contribution in [-0.4, -0.2) is 36.7 Å². The molecule has 1 aromatic rings. The highest BCUT2D eigenvalue weighted by atomic mass is 79.9. The van der Waals surface area contributed by atoms with Crippen LogP contribution in [-0.2, 0) is 20.7 Å². The Hall–Kier alpha value is -1.40. The fourth-order valence-corrected chi connectivity index (χ4v) is 1.76. The lowest BCUT2D eigenvalue weighted by molar-refractivity contribution is -0.142. The first-order valence-electron chi connectivity index (χ1n) is 5.38. The standard InChI is InChI=1S/C12H14BrNO4/c13-10-3-1-2-9(6-10)7-11(15)14-4-5-18-8-12(16)17/h1-3,6H,4-5,7-8H2,(H,14,15)(H,16,17). The molecular weight excluding hydrogens is 302 g/mol. The molecule has 0 aromatic heterocycles. The monoisotopic (exact) mass is 315 g/mol. The van der Waals surface area contributed by atoms with Gasteiger partial charge in [-0.25, -0.2) is 4.79 Å². The number of carbonyl (C=O) groups is 2. The molecule has 0 unspecified atom stereocenters. The van der Waals surface area contributed by atoms with E-state index >= 15 is 0 Å². The second-order valence-electron chi connectivity index (χ2n) is 3.60. The van der Waals surface area contributed by atoms with Gasteiger partial charge in [-0.15, -0.1) is 0 Å². The van der Waals surface area contributed by atoms with Crippen molar-refractivity contribution >= 4 is 27.8 Å². The zero-order valence-electron chi connectivity index (χ0n) is 9.69. The van der Waals surface area contributed by atoms with Crippen LogP contribution in [0.1, 0.15) is 5.56 Å². The maximum absolute atomic E-state index is 11.5. The lowest BCUT2D eigenvalue weighted by atomic mass is 10.1. The van der Waals surface area contributed by atoms with Crippen LogP contribution in [0.5, 0.6) is 0 Å². The number of benzene rings is 1. The van der Waals surface area contributed by atoms with Gasteiger partial charge in [-0.1, -0.05) is 28.1 Å². The van der Waals surface area contributed by atoms with Crippen LogP contribution in [0.4, 0.5) is 0 Å². The lowest BCUT2D eigenvalue weighted by Crippen LogP contribution is -2.29. The number of amides is 1. The molecule has 0 saturated heterocycles. The number of hydrogen-bond donors (Lipinski definition) is 2. The number of carboxylic acids is 1. The molecular formula is C12H14BrNO4. The Morgan fingerprint density at radius 3 is 2.83 bits per heavy atom. The van der Waals surface area contributed by atoms with Gasteiger partial charge in [0.2, 0.25) is 5.91 Å². The zero-order valence-corrected chi connectivity index (χ0v) is 11.3. The van der Waals surface area contributed by atoms with E-state index in [4.69, 9.17) is 9.84 Å². The molecule has 0 bridgehead atoms. The summed E-state index contributed by atoms with van der Waals surface area (Å²) in [4.78, 5) is 21.7. The first kappa shape index (κ1) is 14.7. The van der Waals surface area contributed by atoms with Crippen LogP contribution >= 0.6 is 15.9 Å². The number of carboxylic acid groups (broad SMARTS) is 1. The molecule has 18 heavy (non-hydrogen) atoms. The third-order valence-electron chi connectivity index (χ3n) is 2.05. The van der Waals surface area contributed by atoms with E-state index in [0.29, 0.717) is 13.0 Å². The molecule has 0 saturated carbocycles. The van der Waals surface area contributed by atoms with Crippen LogP contribution in [0.3, 0.4) is 0 Å². The van der Waals surface area contributed by atoms with Crippen molar-refractivity contribution in [3.63, 3.8) is 0 Å². The second-order valence-corrected chi connectivity index (χ2v) is 4.52. The Morgan fingerprint density at radius 2 is 2.17 bits per heavy atom. The van der Waals surface area contributed by atoms with E-state index in [2.05, 4.69) is 21.2 Å². The smallest absolute Gasteiger partial charge is 0.329 e. The molecule has 0 aliphatic carbocycles. The van der Waals surface area contributed by atoms with Gasteiger partial charge in [0.25, 0.3) is 0 Å². The fourth-order valence-electron chi connectivity index (χ4n) is 1.32. The van der Waals surface area contributed by atoms with E-state index in [-0.39, 0.29) is 19.1 Å². The van der Waals surface area contributed by atoms with Crippen LogP contribution in [0, 0.1) is 0 Å². The molecule has 1 rings (SSSR count). The number of hydrogen-bond acceptors (Lipinski definition) is 3. The summed E-state index contributed by atoms with van der Waals surface area (Å²) in [6, 6.07) is 7.50. The Kier molecular flexibility index (Phi) is 6.38. The van der Waals surface area contributed by atoms with E-state index < -0.39 is 5.97 Å². The topological polar surface area (TPSA) is 75.6 Å². The van der Waals surface area contributed by atoms with E-state index in [0.717, 1.165) is 10.0 Å². The molecule has 6 heteroatoms. The van der Waals surface area contributed by atoms with Gasteiger partial charge in [0, 0.05) is 11.0 Å². The van der Waals surface area contributed by atoms with Gasteiger partial charge in [-0.2, -0.15) is 0 Å². The molecule has 0 fully saturated rings. The van der Waals surface area contributed by atoms with Crippen molar-refractivity contribution in [2.24, 2.45) is 0 Å². The summed E-state index contributed by atoms with van der Waals surface area (Å²) in [7, 11) is 0. The molecule has 0 atom stereocenters. The molecule has 0 radical (unpaired) electrons. The van der Waals surface area contributed by atoms with Crippen molar-refractivity contribution in [1.29, 1.82) is 0 Å². The molecule has 0 spiro atoms. The molecule has 0 aliphatic rings. The summed E-state index contributed by atoms with van der Waals surface area (Å²) >= 11 is 3.33. The molecule has 1 amide bonds. The van der Waals surface area contributed by atoms with Crippen molar-refractivity contribution in [2.45, 2.75) is 6.42 Å². The van der Waals surface area contributed by atoms with Crippen molar-refractivity contribution in [2.75, 3.05) is 19.8 Å². The number of halogens is 1. The first-order chi connectivity index (χ1) is 8.58. The predicted octanol–water partition coefficient (Wildman–Crippen LogP) is 1.21. The Balaban J connectivity index is 2.20. The van der Waals surface area contributed by atoms with Crippen LogP contribution < -0.4 is 5.32 Å². The summed E-state index contributed by atoms with van der Waals surface area (Å²) in [6.07, 6.45) is 0.290. The third kappa shape index (κ3) is 6.36. The van der Waals surface area contributed by atoms with Gasteiger partial charge < -0.3 is 15.2 Å². The van der Waals surface area contributed by atoms with E-state index in [1.807, 2.05) is 24.3 Å². The van der Waals surface area contributed by atoms with Crippen LogP contribution in [0.2, 0.25) is 0 Å². The summed E-state index contributed by atoms with van der Waals surface area (Å²) in [5.41, 5.74) is 0.910. The van der Waals surface area contributed by atoms with Gasteiger partial charge in [0.05, 0.1) is 13.0 Å². The summed E-state index contributed by atoms with van der Waals surface area (Å²) in [5.74, 6) is -1.14. The SMILES string of the molecule is O=C(O)COCCNC(=O)Cc1cccc(Br)c1. The van der Waals surface area contributed by atoms with Gasteiger partial charge in [-0.05, 0) is 17.7 Å². The van der Waals surface area contributed by atoms with Crippen molar-refractivity contribution in [3.8, 4) is 0 Å². The van der Waals surface area contributed by atoms with Crippen LogP contribution in [0.25, 0.3) is 0 Å². The van der Waals surface area contributed by atoms with Crippen molar-refractivity contribution < 1.29 is 19.4 Å². The maximum Gasteiger partial charge on any atom is 0.329 e. The van der Waals surface area contributed by atoms with Gasteiger partial charge >= 0.3 is 5.97 Å². The normalized spacial score (nSPS) is 10.1. The molecule has 5 nitrogen and oxygen atoms in total. The average Bonchev–Trinajstić information content (AvgIpc) is 2.28. The lowest BCUT2D eigenvalue weighted by Gasteiger charge is -2.05. The van der Waals surface area contributed by atoms with Crippen molar-refractivity contribution in [1.82, 2.24) is 5.32 Å². The Bertz CT molecular complexity index is 422. The molecule has 0 aliphatic heterocycles. The number of aliphatic carboxylic acids is 1. The minimum absolute atomic E-state index is 0.118. The minimum Gasteiger partial charge on any atom is -0.480 e. The largest absolute Gasteiger partial charge is 0.480 e. The molecule has 0 heterocycles. The Labute approximate surface area is 113 Å². The van der Waals surface area contributed by atoms with Crippen LogP contribution in [0.15, 0.2) is 28.7 Å². The van der Waals surface area contributed by atoms with E-state index in [1.54, 1.807) is 0 Å². The van der Waals surface area contributed by atoms with E-state index in [1.165, 1.54) is 0 Å². The first-order valence-corrected chi connectivity index (χ1v) is 6.18. The summed E-state index contributed by atoms with van der Waals surface area (Å²) in [6.45, 7) is 0.151. The fraction of sp³-hybridized carbons (Fsp3) is 0.333. The predicted molar refractivity (Wildman–Crippen MR) is 69.3 cm³/mol. The van der Waals surface area contributed by atoms with Gasteiger partial charge in [0.1, 0.15) is 6.61 Å². The molecule has 1 aromatic carbocycles. The number of carbonyl (C=O) groups excluding carboxylic acids is 1. The zero-order chi connectivity index (χ0) is 13.4. The third-order valence-corrected chi connectivity index (χ3v) is 2.54. The molecule has 98 valence electrons. The average molecular weight is 316 g/mol. The number of nitrogens with one attached hydrogen (secondary N) is 1. The minimum atomic E-state index is -1.02. The quantitative estimate of drug-likeness (QED) is 0.742. The summed E-state index contributed by atoms with van der Waals surface area (Å²) in [5, 5.41) is 11.0. The Morgan fingerprint density at radius 1 is 1.39 bits per heavy atom. The number of ether oxygens (including phenoxy) is 1. The number of rotatable bonds is 7.